The summed E-state index contributed by atoms with van der Waals surface area (Å²) in [6.07, 6.45) is 0.283. The molecule has 0 saturated carbocycles. The average molecular weight is 443 g/mol. The van der Waals surface area contributed by atoms with E-state index in [9.17, 15) is 9.59 Å². The smallest absolute Gasteiger partial charge is 0.339 e. The molecular weight excluding hydrogens is 422 g/mol. The Balaban J connectivity index is 1.57. The molecule has 0 unspecified atom stereocenters. The van der Waals surface area contributed by atoms with Gasteiger partial charge in [0.15, 0.2) is 0 Å². The number of anilines is 1. The van der Waals surface area contributed by atoms with Gasteiger partial charge in [0, 0.05) is 5.56 Å². The zero-order valence-corrected chi connectivity index (χ0v) is 18.0. The number of ether oxygens (including phenoxy) is 2. The third-order valence-electron chi connectivity index (χ3n) is 4.89. The third-order valence-corrected chi connectivity index (χ3v) is 4.89. The van der Waals surface area contributed by atoms with Gasteiger partial charge in [-0.2, -0.15) is 0 Å². The highest BCUT2D eigenvalue weighted by atomic mass is 16.5. The topological polar surface area (TPSA) is 108 Å². The summed E-state index contributed by atoms with van der Waals surface area (Å²) in [6, 6.07) is 20.8. The molecule has 0 aliphatic rings. The number of aromatic nitrogens is 4. The summed E-state index contributed by atoms with van der Waals surface area (Å²) in [4.78, 5) is 26.1. The molecule has 4 rings (SSSR count). The van der Waals surface area contributed by atoms with Crippen molar-refractivity contribution in [2.75, 3.05) is 12.4 Å². The van der Waals surface area contributed by atoms with E-state index in [1.165, 1.54) is 18.1 Å². The first-order valence-electron chi connectivity index (χ1n) is 10.1. The Morgan fingerprint density at radius 3 is 2.42 bits per heavy atom. The molecule has 0 saturated heterocycles. The number of aryl methyl sites for hydroxylation is 1. The highest BCUT2D eigenvalue weighted by Gasteiger charge is 2.26. The van der Waals surface area contributed by atoms with Crippen LogP contribution < -0.4 is 10.1 Å². The van der Waals surface area contributed by atoms with Gasteiger partial charge >= 0.3 is 5.97 Å². The van der Waals surface area contributed by atoms with Crippen LogP contribution >= 0.6 is 0 Å². The third kappa shape index (κ3) is 5.04. The molecule has 166 valence electrons. The zero-order valence-electron chi connectivity index (χ0n) is 18.0. The number of esters is 1. The van der Waals surface area contributed by atoms with Crippen molar-refractivity contribution in [1.29, 1.82) is 0 Å². The van der Waals surface area contributed by atoms with E-state index in [1.807, 2.05) is 19.1 Å². The molecule has 9 nitrogen and oxygen atoms in total. The van der Waals surface area contributed by atoms with Crippen LogP contribution in [0.15, 0.2) is 79.1 Å². The standard InChI is InChI=1S/C24H21N5O4/c1-16-8-13-21(32-2)20(14-16)26-23(30)22(17-6-4-3-5-7-17)33-24(31)18-9-11-19(12-10-18)29-15-25-27-28-29/h3-15,22H,1-2H3,(H,26,30)/t22-/m0/s1. The first-order chi connectivity index (χ1) is 16.0. The summed E-state index contributed by atoms with van der Waals surface area (Å²) in [5.74, 6) is -0.632. The highest BCUT2D eigenvalue weighted by molar-refractivity contribution is 5.99. The van der Waals surface area contributed by atoms with Crippen molar-refractivity contribution in [3.05, 3.63) is 95.8 Å². The van der Waals surface area contributed by atoms with Crippen LogP contribution in [0.2, 0.25) is 0 Å². The summed E-state index contributed by atoms with van der Waals surface area (Å²) >= 11 is 0. The Kier molecular flexibility index (Phi) is 6.40. The second-order valence-electron chi connectivity index (χ2n) is 7.19. The van der Waals surface area contributed by atoms with Crippen molar-refractivity contribution in [2.45, 2.75) is 13.0 Å². The molecular formula is C24H21N5O4. The molecule has 0 aliphatic heterocycles. The number of carbonyl (C=O) groups excluding carboxylic acids is 2. The van der Waals surface area contributed by atoms with Crippen molar-refractivity contribution in [2.24, 2.45) is 0 Å². The minimum absolute atomic E-state index is 0.286. The van der Waals surface area contributed by atoms with Gasteiger partial charge in [0.05, 0.1) is 24.0 Å². The Hall–Kier alpha value is -4.53. The minimum atomic E-state index is -1.16. The summed E-state index contributed by atoms with van der Waals surface area (Å²) < 4.78 is 12.5. The van der Waals surface area contributed by atoms with Crippen LogP contribution in [0, 0.1) is 6.92 Å². The molecule has 1 amide bonds. The number of hydrogen-bond donors (Lipinski definition) is 1. The number of methoxy groups -OCH3 is 1. The number of nitrogens with zero attached hydrogens (tertiary/aromatic N) is 4. The molecule has 3 aromatic carbocycles. The molecule has 1 atom stereocenters. The lowest BCUT2D eigenvalue weighted by molar-refractivity contribution is -0.125. The van der Waals surface area contributed by atoms with E-state index in [2.05, 4.69) is 20.8 Å². The molecule has 0 radical (unpaired) electrons. The number of carbonyl (C=O) groups is 2. The number of hydrogen-bond acceptors (Lipinski definition) is 7. The van der Waals surface area contributed by atoms with Gasteiger partial charge in [0.2, 0.25) is 6.10 Å². The lowest BCUT2D eigenvalue weighted by atomic mass is 10.1. The van der Waals surface area contributed by atoms with E-state index in [0.717, 1.165) is 5.56 Å². The fourth-order valence-corrected chi connectivity index (χ4v) is 3.22. The maximum absolute atomic E-state index is 13.2. The van der Waals surface area contributed by atoms with Gasteiger partial charge in [-0.15, -0.1) is 5.10 Å². The number of amides is 1. The van der Waals surface area contributed by atoms with Gasteiger partial charge in [0.1, 0.15) is 12.1 Å². The highest BCUT2D eigenvalue weighted by Crippen LogP contribution is 2.28. The van der Waals surface area contributed by atoms with Crippen molar-refractivity contribution in [3.8, 4) is 11.4 Å². The molecule has 0 bridgehead atoms. The average Bonchev–Trinajstić information content (AvgIpc) is 3.38. The molecule has 1 aromatic heterocycles. The summed E-state index contributed by atoms with van der Waals surface area (Å²) in [5, 5.41) is 13.8. The van der Waals surface area contributed by atoms with Crippen LogP contribution in [0.3, 0.4) is 0 Å². The number of rotatable bonds is 7. The maximum Gasteiger partial charge on any atom is 0.339 e. The SMILES string of the molecule is COc1ccc(C)cc1NC(=O)[C@@H](OC(=O)c1ccc(-n2cnnn2)cc1)c1ccccc1. The second kappa shape index (κ2) is 9.73. The fraction of sp³-hybridized carbons (Fsp3) is 0.125. The Labute approximate surface area is 190 Å². The van der Waals surface area contributed by atoms with Crippen LogP contribution in [0.25, 0.3) is 5.69 Å². The molecule has 4 aromatic rings. The molecule has 0 spiro atoms. The zero-order chi connectivity index (χ0) is 23.2. The summed E-state index contributed by atoms with van der Waals surface area (Å²) in [5.41, 5.74) is 2.95. The monoisotopic (exact) mass is 443 g/mol. The van der Waals surface area contributed by atoms with Crippen LogP contribution in [0.4, 0.5) is 5.69 Å². The van der Waals surface area contributed by atoms with Gasteiger partial charge in [-0.3, -0.25) is 4.79 Å². The maximum atomic E-state index is 13.2. The van der Waals surface area contributed by atoms with Crippen molar-refractivity contribution in [3.63, 3.8) is 0 Å². The summed E-state index contributed by atoms with van der Waals surface area (Å²) in [7, 11) is 1.52. The van der Waals surface area contributed by atoms with Crippen molar-refractivity contribution in [1.82, 2.24) is 20.2 Å². The molecule has 1 N–H and O–H groups in total. The fourth-order valence-electron chi connectivity index (χ4n) is 3.22. The Bertz CT molecular complexity index is 1240. The van der Waals surface area contributed by atoms with Crippen molar-refractivity contribution < 1.29 is 19.1 Å². The van der Waals surface area contributed by atoms with E-state index >= 15 is 0 Å². The molecule has 9 heteroatoms. The van der Waals surface area contributed by atoms with Crippen LogP contribution in [-0.4, -0.2) is 39.2 Å². The Morgan fingerprint density at radius 1 is 1.00 bits per heavy atom. The summed E-state index contributed by atoms with van der Waals surface area (Å²) in [6.45, 7) is 1.91. The van der Waals surface area contributed by atoms with E-state index in [4.69, 9.17) is 9.47 Å². The van der Waals surface area contributed by atoms with Gasteiger partial charge in [-0.1, -0.05) is 36.4 Å². The quantitative estimate of drug-likeness (QED) is 0.435. The molecule has 0 aliphatic carbocycles. The molecule has 1 heterocycles. The largest absolute Gasteiger partial charge is 0.495 e. The van der Waals surface area contributed by atoms with E-state index < -0.39 is 18.0 Å². The first-order valence-corrected chi connectivity index (χ1v) is 10.1. The predicted octanol–water partition coefficient (Wildman–Crippen LogP) is 3.52. The van der Waals surface area contributed by atoms with E-state index in [-0.39, 0.29) is 5.56 Å². The lowest BCUT2D eigenvalue weighted by Crippen LogP contribution is -2.26. The van der Waals surface area contributed by atoms with Gasteiger partial charge in [-0.25, -0.2) is 9.48 Å². The van der Waals surface area contributed by atoms with E-state index in [1.54, 1.807) is 60.7 Å². The van der Waals surface area contributed by atoms with Crippen molar-refractivity contribution >= 4 is 17.6 Å². The minimum Gasteiger partial charge on any atom is -0.495 e. The van der Waals surface area contributed by atoms with Gasteiger partial charge in [0.25, 0.3) is 5.91 Å². The van der Waals surface area contributed by atoms with Gasteiger partial charge < -0.3 is 14.8 Å². The Morgan fingerprint density at radius 2 is 1.76 bits per heavy atom. The second-order valence-corrected chi connectivity index (χ2v) is 7.19. The number of tetrazole rings is 1. The number of benzene rings is 3. The van der Waals surface area contributed by atoms with Crippen LogP contribution in [0.5, 0.6) is 5.75 Å². The van der Waals surface area contributed by atoms with Gasteiger partial charge in [-0.05, 0) is 59.3 Å². The first kappa shape index (κ1) is 21.7. The van der Waals surface area contributed by atoms with E-state index in [0.29, 0.717) is 22.7 Å². The number of nitrogens with one attached hydrogen (secondary N) is 1. The predicted molar refractivity (Wildman–Crippen MR) is 120 cm³/mol. The molecule has 0 fully saturated rings. The normalized spacial score (nSPS) is 11.5. The molecule has 33 heavy (non-hydrogen) atoms. The van der Waals surface area contributed by atoms with Crippen LogP contribution in [-0.2, 0) is 9.53 Å². The van der Waals surface area contributed by atoms with Crippen LogP contribution in [0.1, 0.15) is 27.6 Å². The lowest BCUT2D eigenvalue weighted by Gasteiger charge is -2.19.